The van der Waals surface area contributed by atoms with Crippen LogP contribution in [0.25, 0.3) is 0 Å². The molecule has 1 rings (SSSR count). The molecule has 0 saturated carbocycles. The van der Waals surface area contributed by atoms with E-state index in [4.69, 9.17) is 0 Å². The van der Waals surface area contributed by atoms with E-state index in [1.165, 1.54) is 5.56 Å². The molecule has 0 aliphatic heterocycles. The second-order valence-corrected chi connectivity index (χ2v) is 3.79. The molecule has 1 aromatic rings. The fourth-order valence-electron chi connectivity index (χ4n) is 1.71. The standard InChI is InChI=1S/C13H20O/c1-4-11-7-9-12(10-8-11)13(14,5-2)6-3/h7-10,14H,4-6H2,1-3H3. The highest BCUT2D eigenvalue weighted by molar-refractivity contribution is 5.27. The first kappa shape index (κ1) is 11.3. The molecule has 0 atom stereocenters. The van der Waals surface area contributed by atoms with Gasteiger partial charge >= 0.3 is 0 Å². The first-order chi connectivity index (χ1) is 6.66. The number of hydrogen-bond acceptors (Lipinski definition) is 1. The summed E-state index contributed by atoms with van der Waals surface area (Å²) in [6.45, 7) is 6.19. The Balaban J connectivity index is 2.95. The topological polar surface area (TPSA) is 20.2 Å². The zero-order valence-electron chi connectivity index (χ0n) is 9.38. The zero-order valence-corrected chi connectivity index (χ0v) is 9.38. The van der Waals surface area contributed by atoms with Gasteiger partial charge in [0.15, 0.2) is 0 Å². The van der Waals surface area contributed by atoms with Crippen molar-refractivity contribution in [2.75, 3.05) is 0 Å². The average Bonchev–Trinajstić information content (AvgIpc) is 2.28. The maximum Gasteiger partial charge on any atom is 0.0891 e. The molecule has 1 N–H and O–H groups in total. The molecule has 0 heterocycles. The van der Waals surface area contributed by atoms with Gasteiger partial charge in [0.25, 0.3) is 0 Å². The average molecular weight is 192 g/mol. The quantitative estimate of drug-likeness (QED) is 0.776. The zero-order chi connectivity index (χ0) is 10.6. The molecule has 0 fully saturated rings. The van der Waals surface area contributed by atoms with Gasteiger partial charge < -0.3 is 5.11 Å². The fourth-order valence-corrected chi connectivity index (χ4v) is 1.71. The molecule has 0 bridgehead atoms. The van der Waals surface area contributed by atoms with Crippen molar-refractivity contribution >= 4 is 0 Å². The number of hydrogen-bond donors (Lipinski definition) is 1. The molecule has 0 amide bonds. The second kappa shape index (κ2) is 4.61. The lowest BCUT2D eigenvalue weighted by Gasteiger charge is -2.25. The highest BCUT2D eigenvalue weighted by Crippen LogP contribution is 2.28. The summed E-state index contributed by atoms with van der Waals surface area (Å²) in [5.41, 5.74) is 1.73. The van der Waals surface area contributed by atoms with Crippen LogP contribution in [0.3, 0.4) is 0 Å². The minimum Gasteiger partial charge on any atom is -0.385 e. The van der Waals surface area contributed by atoms with Crippen molar-refractivity contribution in [2.24, 2.45) is 0 Å². The van der Waals surface area contributed by atoms with Gasteiger partial charge in [-0.1, -0.05) is 45.0 Å². The molecule has 0 aromatic heterocycles. The smallest absolute Gasteiger partial charge is 0.0891 e. The number of rotatable bonds is 4. The van der Waals surface area contributed by atoms with Crippen molar-refractivity contribution in [3.05, 3.63) is 35.4 Å². The van der Waals surface area contributed by atoms with E-state index >= 15 is 0 Å². The van der Waals surface area contributed by atoms with Crippen LogP contribution in [0.15, 0.2) is 24.3 Å². The molecule has 0 aliphatic rings. The molecule has 1 aromatic carbocycles. The van der Waals surface area contributed by atoms with Crippen molar-refractivity contribution in [1.82, 2.24) is 0 Å². The third-order valence-electron chi connectivity index (χ3n) is 3.07. The van der Waals surface area contributed by atoms with Crippen molar-refractivity contribution in [3.8, 4) is 0 Å². The van der Waals surface area contributed by atoms with Gasteiger partial charge in [-0.15, -0.1) is 0 Å². The van der Waals surface area contributed by atoms with Crippen LogP contribution in [0.1, 0.15) is 44.7 Å². The van der Waals surface area contributed by atoms with Crippen molar-refractivity contribution in [1.29, 1.82) is 0 Å². The maximum atomic E-state index is 10.3. The number of aliphatic hydroxyl groups is 1. The van der Waals surface area contributed by atoms with E-state index in [0.29, 0.717) is 0 Å². The maximum absolute atomic E-state index is 10.3. The van der Waals surface area contributed by atoms with Gasteiger partial charge in [0.2, 0.25) is 0 Å². The second-order valence-electron chi connectivity index (χ2n) is 3.79. The van der Waals surface area contributed by atoms with E-state index in [-0.39, 0.29) is 0 Å². The highest BCUT2D eigenvalue weighted by atomic mass is 16.3. The Labute approximate surface area is 86.8 Å². The predicted molar refractivity (Wildman–Crippen MR) is 60.3 cm³/mol. The molecule has 0 aliphatic carbocycles. The van der Waals surface area contributed by atoms with Crippen LogP contribution in [0.2, 0.25) is 0 Å². The summed E-state index contributed by atoms with van der Waals surface area (Å²) in [6.07, 6.45) is 2.60. The number of benzene rings is 1. The van der Waals surface area contributed by atoms with Gasteiger partial charge in [-0.3, -0.25) is 0 Å². The highest BCUT2D eigenvalue weighted by Gasteiger charge is 2.24. The van der Waals surface area contributed by atoms with Gasteiger partial charge in [-0.25, -0.2) is 0 Å². The Kier molecular flexibility index (Phi) is 3.70. The van der Waals surface area contributed by atoms with Gasteiger partial charge in [0, 0.05) is 0 Å². The Morgan fingerprint density at radius 3 is 1.86 bits per heavy atom. The minimum absolute atomic E-state index is 0.633. The van der Waals surface area contributed by atoms with E-state index < -0.39 is 5.60 Å². The van der Waals surface area contributed by atoms with E-state index in [1.807, 2.05) is 26.0 Å². The normalized spacial score (nSPS) is 11.7. The lowest BCUT2D eigenvalue weighted by Crippen LogP contribution is -2.23. The predicted octanol–water partition coefficient (Wildman–Crippen LogP) is 3.26. The first-order valence-corrected chi connectivity index (χ1v) is 5.48. The minimum atomic E-state index is -0.633. The molecule has 1 heteroatoms. The van der Waals surface area contributed by atoms with Gasteiger partial charge in [-0.05, 0) is 30.4 Å². The van der Waals surface area contributed by atoms with Crippen LogP contribution in [0.4, 0.5) is 0 Å². The summed E-state index contributed by atoms with van der Waals surface area (Å²) < 4.78 is 0. The largest absolute Gasteiger partial charge is 0.385 e. The van der Waals surface area contributed by atoms with Crippen LogP contribution in [-0.2, 0) is 12.0 Å². The molecule has 0 spiro atoms. The molecule has 0 radical (unpaired) electrons. The Morgan fingerprint density at radius 1 is 1.00 bits per heavy atom. The lowest BCUT2D eigenvalue weighted by molar-refractivity contribution is 0.0284. The third-order valence-corrected chi connectivity index (χ3v) is 3.07. The summed E-state index contributed by atoms with van der Waals surface area (Å²) in [5.74, 6) is 0. The van der Waals surface area contributed by atoms with Gasteiger partial charge in [0.05, 0.1) is 5.60 Å². The van der Waals surface area contributed by atoms with Crippen LogP contribution >= 0.6 is 0 Å². The fraction of sp³-hybridized carbons (Fsp3) is 0.538. The van der Waals surface area contributed by atoms with E-state index in [9.17, 15) is 5.11 Å². The van der Waals surface area contributed by atoms with Gasteiger partial charge in [-0.2, -0.15) is 0 Å². The third kappa shape index (κ3) is 2.16. The van der Waals surface area contributed by atoms with Crippen molar-refractivity contribution in [3.63, 3.8) is 0 Å². The lowest BCUT2D eigenvalue weighted by atomic mass is 9.88. The molecule has 1 nitrogen and oxygen atoms in total. The summed E-state index contributed by atoms with van der Waals surface area (Å²) in [5, 5.41) is 10.3. The SMILES string of the molecule is CCc1ccc(C(O)(CC)CC)cc1. The summed E-state index contributed by atoms with van der Waals surface area (Å²) in [4.78, 5) is 0. The van der Waals surface area contributed by atoms with E-state index in [0.717, 1.165) is 24.8 Å². The Morgan fingerprint density at radius 2 is 1.50 bits per heavy atom. The van der Waals surface area contributed by atoms with Crippen LogP contribution in [-0.4, -0.2) is 5.11 Å². The molecular formula is C13H20O. The Hall–Kier alpha value is -0.820. The molecule has 78 valence electrons. The monoisotopic (exact) mass is 192 g/mol. The van der Waals surface area contributed by atoms with Crippen molar-refractivity contribution in [2.45, 2.75) is 45.6 Å². The van der Waals surface area contributed by atoms with E-state index in [1.54, 1.807) is 0 Å². The molecule has 14 heavy (non-hydrogen) atoms. The summed E-state index contributed by atoms with van der Waals surface area (Å²) in [6, 6.07) is 8.30. The first-order valence-electron chi connectivity index (χ1n) is 5.48. The molecule has 0 unspecified atom stereocenters. The summed E-state index contributed by atoms with van der Waals surface area (Å²) in [7, 11) is 0. The molecule has 0 saturated heterocycles. The van der Waals surface area contributed by atoms with Crippen LogP contribution < -0.4 is 0 Å². The summed E-state index contributed by atoms with van der Waals surface area (Å²) >= 11 is 0. The van der Waals surface area contributed by atoms with Crippen LogP contribution in [0.5, 0.6) is 0 Å². The van der Waals surface area contributed by atoms with E-state index in [2.05, 4.69) is 19.1 Å². The van der Waals surface area contributed by atoms with Crippen LogP contribution in [0, 0.1) is 0 Å². The molecular weight excluding hydrogens is 172 g/mol. The van der Waals surface area contributed by atoms with Gasteiger partial charge in [0.1, 0.15) is 0 Å². The van der Waals surface area contributed by atoms with Crippen molar-refractivity contribution < 1.29 is 5.11 Å². The Bertz CT molecular complexity index is 270. The number of aryl methyl sites for hydroxylation is 1.